The van der Waals surface area contributed by atoms with E-state index in [1.807, 2.05) is 0 Å². The van der Waals surface area contributed by atoms with Crippen molar-refractivity contribution in [2.24, 2.45) is 0 Å². The molecule has 1 aromatic heterocycles. The minimum Gasteiger partial charge on any atom is -0.497 e. The topological polar surface area (TPSA) is 98.8 Å². The summed E-state index contributed by atoms with van der Waals surface area (Å²) in [5.41, 5.74) is 1.09. The van der Waals surface area contributed by atoms with E-state index in [1.165, 1.54) is 11.2 Å². The Morgan fingerprint density at radius 2 is 2.10 bits per heavy atom. The van der Waals surface area contributed by atoms with Gasteiger partial charge < -0.3 is 19.6 Å². The van der Waals surface area contributed by atoms with E-state index in [0.29, 0.717) is 17.0 Å². The van der Waals surface area contributed by atoms with Gasteiger partial charge in [-0.2, -0.15) is 0 Å². The molecule has 7 nitrogen and oxygen atoms in total. The van der Waals surface area contributed by atoms with Crippen molar-refractivity contribution in [1.82, 2.24) is 0 Å². The van der Waals surface area contributed by atoms with Crippen molar-refractivity contribution >= 4 is 23.4 Å². The Morgan fingerprint density at radius 3 is 2.71 bits per heavy atom. The van der Waals surface area contributed by atoms with Gasteiger partial charge in [-0.15, -0.1) is 0 Å². The van der Waals surface area contributed by atoms with Crippen molar-refractivity contribution in [3.05, 3.63) is 42.2 Å². The van der Waals surface area contributed by atoms with Crippen LogP contribution in [0, 0.1) is 5.41 Å². The molecule has 1 aromatic carbocycles. The summed E-state index contributed by atoms with van der Waals surface area (Å²) < 4.78 is 10.2. The average molecular weight is 287 g/mol. The normalized spacial score (nSPS) is 17.1. The summed E-state index contributed by atoms with van der Waals surface area (Å²) >= 11 is 0. The van der Waals surface area contributed by atoms with Gasteiger partial charge in [-0.05, 0) is 30.3 Å². The molecule has 3 N–H and O–H groups in total. The summed E-state index contributed by atoms with van der Waals surface area (Å²) in [6.45, 7) is 0. The van der Waals surface area contributed by atoms with Crippen LogP contribution in [-0.4, -0.2) is 30.2 Å². The number of carbonyl (C=O) groups is 1. The van der Waals surface area contributed by atoms with Crippen molar-refractivity contribution in [2.45, 2.75) is 6.17 Å². The molecule has 0 fully saturated rings. The first-order valence-corrected chi connectivity index (χ1v) is 6.21. The third-order valence-electron chi connectivity index (χ3n) is 3.27. The molecule has 108 valence electrons. The van der Waals surface area contributed by atoms with Crippen LogP contribution in [0.5, 0.6) is 5.75 Å². The SMILES string of the molecule is COc1ccc(N2C(=N)c3ccoc3NC2C(=O)O)cc1. The highest BCUT2D eigenvalue weighted by molar-refractivity contribution is 6.15. The molecule has 0 saturated heterocycles. The fourth-order valence-electron chi connectivity index (χ4n) is 2.25. The van der Waals surface area contributed by atoms with Gasteiger partial charge in [-0.3, -0.25) is 10.3 Å². The highest BCUT2D eigenvalue weighted by Crippen LogP contribution is 2.31. The number of furan rings is 1. The number of amidine groups is 1. The Hall–Kier alpha value is -2.96. The Morgan fingerprint density at radius 1 is 1.38 bits per heavy atom. The number of benzene rings is 1. The minimum absolute atomic E-state index is 0.0649. The zero-order valence-electron chi connectivity index (χ0n) is 11.2. The number of aliphatic carboxylic acids is 1. The Labute approximate surface area is 120 Å². The molecule has 0 spiro atoms. The zero-order chi connectivity index (χ0) is 15.0. The first-order chi connectivity index (χ1) is 10.1. The van der Waals surface area contributed by atoms with Crippen molar-refractivity contribution in [3.63, 3.8) is 0 Å². The predicted molar refractivity (Wildman–Crippen MR) is 76.1 cm³/mol. The van der Waals surface area contributed by atoms with Crippen molar-refractivity contribution in [1.29, 1.82) is 5.41 Å². The van der Waals surface area contributed by atoms with E-state index in [1.54, 1.807) is 37.4 Å². The lowest BCUT2D eigenvalue weighted by Gasteiger charge is -2.35. The van der Waals surface area contributed by atoms with Crippen molar-refractivity contribution in [2.75, 3.05) is 17.3 Å². The zero-order valence-corrected chi connectivity index (χ0v) is 11.2. The smallest absolute Gasteiger partial charge is 0.347 e. The number of hydrogen-bond acceptors (Lipinski definition) is 5. The van der Waals surface area contributed by atoms with Crippen LogP contribution >= 0.6 is 0 Å². The van der Waals surface area contributed by atoms with Gasteiger partial charge >= 0.3 is 5.97 Å². The number of anilines is 2. The van der Waals surface area contributed by atoms with Crippen LogP contribution in [0.1, 0.15) is 5.56 Å². The Balaban J connectivity index is 2.04. The van der Waals surface area contributed by atoms with E-state index in [9.17, 15) is 9.90 Å². The van der Waals surface area contributed by atoms with E-state index < -0.39 is 12.1 Å². The van der Waals surface area contributed by atoms with Crippen LogP contribution < -0.4 is 15.0 Å². The van der Waals surface area contributed by atoms with Crippen molar-refractivity contribution < 1.29 is 19.1 Å². The quantitative estimate of drug-likeness (QED) is 0.798. The molecule has 1 aliphatic heterocycles. The molecule has 0 amide bonds. The summed E-state index contributed by atoms with van der Waals surface area (Å²) in [4.78, 5) is 12.9. The largest absolute Gasteiger partial charge is 0.497 e. The van der Waals surface area contributed by atoms with Gasteiger partial charge in [0, 0.05) is 5.69 Å². The van der Waals surface area contributed by atoms with Crippen LogP contribution in [0.15, 0.2) is 41.0 Å². The number of ether oxygens (including phenoxy) is 1. The maximum atomic E-state index is 11.5. The summed E-state index contributed by atoms with van der Waals surface area (Å²) in [7, 11) is 1.55. The maximum absolute atomic E-state index is 11.5. The van der Waals surface area contributed by atoms with Gasteiger partial charge in [0.1, 0.15) is 11.6 Å². The summed E-state index contributed by atoms with van der Waals surface area (Å²) in [5.74, 6) is -0.0871. The van der Waals surface area contributed by atoms with Gasteiger partial charge in [-0.1, -0.05) is 0 Å². The molecule has 0 radical (unpaired) electrons. The molecule has 0 saturated carbocycles. The van der Waals surface area contributed by atoms with Crippen LogP contribution in [0.2, 0.25) is 0 Å². The molecule has 2 aromatic rings. The van der Waals surface area contributed by atoms with E-state index in [0.717, 1.165) is 0 Å². The molecule has 3 rings (SSSR count). The lowest BCUT2D eigenvalue weighted by molar-refractivity contribution is -0.137. The first kappa shape index (κ1) is 13.0. The van der Waals surface area contributed by atoms with Gasteiger partial charge in [0.05, 0.1) is 18.9 Å². The second-order valence-corrected chi connectivity index (χ2v) is 4.47. The molecular weight excluding hydrogens is 274 g/mol. The number of carboxylic acids is 1. The van der Waals surface area contributed by atoms with Gasteiger partial charge in [0.15, 0.2) is 0 Å². The first-order valence-electron chi connectivity index (χ1n) is 6.21. The number of methoxy groups -OCH3 is 1. The highest BCUT2D eigenvalue weighted by Gasteiger charge is 2.36. The minimum atomic E-state index is -1.11. The number of carboxylic acid groups (broad SMARTS) is 1. The monoisotopic (exact) mass is 287 g/mol. The number of nitrogens with zero attached hydrogens (tertiary/aromatic N) is 1. The lowest BCUT2D eigenvalue weighted by Crippen LogP contribution is -2.53. The Bertz CT molecular complexity index is 692. The third kappa shape index (κ3) is 2.08. The van der Waals surface area contributed by atoms with E-state index in [4.69, 9.17) is 14.6 Å². The fourth-order valence-corrected chi connectivity index (χ4v) is 2.25. The number of rotatable bonds is 3. The fraction of sp³-hybridized carbons (Fsp3) is 0.143. The van der Waals surface area contributed by atoms with Gasteiger partial charge in [0.2, 0.25) is 12.0 Å². The molecule has 0 aliphatic carbocycles. The second-order valence-electron chi connectivity index (χ2n) is 4.47. The van der Waals surface area contributed by atoms with E-state index >= 15 is 0 Å². The van der Waals surface area contributed by atoms with Gasteiger partial charge in [-0.25, -0.2) is 4.79 Å². The molecular formula is C14H13N3O4. The number of hydrogen-bond donors (Lipinski definition) is 3. The predicted octanol–water partition coefficient (Wildman–Crippen LogP) is 1.96. The summed E-state index contributed by atoms with van der Waals surface area (Å²) in [6.07, 6.45) is 0.312. The molecule has 0 bridgehead atoms. The molecule has 1 aliphatic rings. The second kappa shape index (κ2) is 4.86. The van der Waals surface area contributed by atoms with Crippen LogP contribution in [0.4, 0.5) is 11.6 Å². The summed E-state index contributed by atoms with van der Waals surface area (Å²) in [6, 6.07) is 8.46. The Kier molecular flexibility index (Phi) is 3.02. The number of nitrogens with one attached hydrogen (secondary N) is 2. The molecule has 1 atom stereocenters. The third-order valence-corrected chi connectivity index (χ3v) is 3.27. The highest BCUT2D eigenvalue weighted by atomic mass is 16.5. The maximum Gasteiger partial charge on any atom is 0.347 e. The standard InChI is InChI=1S/C14H13N3O4/c1-20-9-4-2-8(3-5-9)17-11(15)10-6-7-21-13(10)16-12(17)14(18)19/h2-7,12,15-16H,1H3,(H,18,19). The van der Waals surface area contributed by atoms with Crippen molar-refractivity contribution in [3.8, 4) is 5.75 Å². The van der Waals surface area contributed by atoms with Gasteiger partial charge in [0.25, 0.3) is 0 Å². The van der Waals surface area contributed by atoms with E-state index in [2.05, 4.69) is 5.32 Å². The van der Waals surface area contributed by atoms with E-state index in [-0.39, 0.29) is 11.7 Å². The summed E-state index contributed by atoms with van der Waals surface area (Å²) in [5, 5.41) is 20.4. The van der Waals surface area contributed by atoms with Crippen LogP contribution in [0.25, 0.3) is 0 Å². The molecule has 7 heteroatoms. The van der Waals surface area contributed by atoms with Crippen LogP contribution in [0.3, 0.4) is 0 Å². The van der Waals surface area contributed by atoms with Crippen LogP contribution in [-0.2, 0) is 4.79 Å². The molecule has 2 heterocycles. The average Bonchev–Trinajstić information content (AvgIpc) is 2.96. The molecule has 21 heavy (non-hydrogen) atoms. The molecule has 1 unspecified atom stereocenters. The lowest BCUT2D eigenvalue weighted by atomic mass is 10.1. The number of fused-ring (bicyclic) bond motifs is 1.